The van der Waals surface area contributed by atoms with E-state index in [1.165, 1.54) is 0 Å². The summed E-state index contributed by atoms with van der Waals surface area (Å²) in [5, 5.41) is 0. The molecule has 1 saturated heterocycles. The number of H-pyrrole nitrogens is 1. The molecule has 0 aromatic carbocycles. The van der Waals surface area contributed by atoms with Crippen molar-refractivity contribution in [3.8, 4) is 6.01 Å². The van der Waals surface area contributed by atoms with Gasteiger partial charge in [0.05, 0.1) is 12.0 Å². The molecule has 0 spiro atoms. The summed E-state index contributed by atoms with van der Waals surface area (Å²) in [6, 6.07) is 2.19. The van der Waals surface area contributed by atoms with E-state index in [4.69, 9.17) is 4.74 Å². The van der Waals surface area contributed by atoms with E-state index >= 15 is 0 Å². The smallest absolute Gasteiger partial charge is 0.316 e. The van der Waals surface area contributed by atoms with E-state index in [0.29, 0.717) is 6.01 Å². The van der Waals surface area contributed by atoms with Gasteiger partial charge in [-0.05, 0) is 18.9 Å². The van der Waals surface area contributed by atoms with Crippen LogP contribution in [0.1, 0.15) is 30.7 Å². The number of ether oxygens (including phenoxy) is 1. The lowest BCUT2D eigenvalue weighted by Crippen LogP contribution is -2.45. The minimum absolute atomic E-state index is 0.0767. The van der Waals surface area contributed by atoms with Crippen molar-refractivity contribution in [2.24, 2.45) is 5.92 Å². The predicted molar refractivity (Wildman–Crippen MR) is 86.4 cm³/mol. The zero-order valence-corrected chi connectivity index (χ0v) is 13.5. The minimum Gasteiger partial charge on any atom is -0.460 e. The van der Waals surface area contributed by atoms with E-state index in [1.54, 1.807) is 24.8 Å². The Labute approximate surface area is 140 Å². The Bertz CT molecular complexity index is 694. The van der Waals surface area contributed by atoms with Gasteiger partial charge in [0.15, 0.2) is 0 Å². The first-order valence-electron chi connectivity index (χ1n) is 8.53. The Morgan fingerprint density at radius 3 is 2.75 bits per heavy atom. The fourth-order valence-corrected chi connectivity index (χ4v) is 3.56. The lowest BCUT2D eigenvalue weighted by atomic mass is 9.88. The number of aromatic nitrogens is 4. The van der Waals surface area contributed by atoms with Gasteiger partial charge in [0.1, 0.15) is 6.10 Å². The number of imidazole rings is 1. The number of hydrogen-bond donors (Lipinski definition) is 1. The Hall–Kier alpha value is -2.44. The highest BCUT2D eigenvalue weighted by Crippen LogP contribution is 2.26. The molecular formula is C17H21N5O2. The maximum Gasteiger partial charge on any atom is 0.316 e. The average molecular weight is 327 g/mol. The molecule has 1 atom stereocenters. The highest BCUT2D eigenvalue weighted by atomic mass is 16.5. The zero-order valence-electron chi connectivity index (χ0n) is 13.5. The third-order valence-corrected chi connectivity index (χ3v) is 4.90. The predicted octanol–water partition coefficient (Wildman–Crippen LogP) is 1.37. The number of likely N-dealkylation sites (tertiary alicyclic amines) is 1. The van der Waals surface area contributed by atoms with Crippen molar-refractivity contribution in [3.05, 3.63) is 36.2 Å². The van der Waals surface area contributed by atoms with Crippen LogP contribution >= 0.6 is 0 Å². The van der Waals surface area contributed by atoms with Crippen molar-refractivity contribution >= 4 is 5.91 Å². The number of carbonyl (C=O) groups excluding carboxylic acids is 1. The van der Waals surface area contributed by atoms with Crippen LogP contribution in [0, 0.1) is 5.92 Å². The van der Waals surface area contributed by atoms with Crippen molar-refractivity contribution in [2.45, 2.75) is 38.2 Å². The van der Waals surface area contributed by atoms with Crippen LogP contribution in [0.5, 0.6) is 6.01 Å². The fourth-order valence-electron chi connectivity index (χ4n) is 3.56. The first-order valence-corrected chi connectivity index (χ1v) is 8.53. The minimum atomic E-state index is 0.0767. The number of carbonyl (C=O) groups is 1. The normalized spacial score (nSPS) is 21.3. The highest BCUT2D eigenvalue weighted by molar-refractivity contribution is 5.79. The molecule has 4 rings (SSSR count). The third kappa shape index (κ3) is 3.11. The van der Waals surface area contributed by atoms with Gasteiger partial charge in [-0.1, -0.05) is 0 Å². The van der Waals surface area contributed by atoms with Gasteiger partial charge in [-0.3, -0.25) is 4.79 Å². The van der Waals surface area contributed by atoms with Crippen molar-refractivity contribution in [3.63, 3.8) is 0 Å². The molecule has 2 aromatic rings. The molecule has 7 nitrogen and oxygen atoms in total. The molecule has 3 heterocycles. The number of aromatic amines is 1. The van der Waals surface area contributed by atoms with Crippen molar-refractivity contribution in [2.75, 3.05) is 13.1 Å². The molecule has 0 radical (unpaired) electrons. The van der Waals surface area contributed by atoms with Gasteiger partial charge in [-0.15, -0.1) is 0 Å². The number of aryl methyl sites for hydroxylation is 1. The van der Waals surface area contributed by atoms with E-state index in [-0.39, 0.29) is 17.9 Å². The topological polar surface area (TPSA) is 84.0 Å². The van der Waals surface area contributed by atoms with Crippen LogP contribution in [0.4, 0.5) is 0 Å². The summed E-state index contributed by atoms with van der Waals surface area (Å²) in [5.41, 5.74) is 2.24. The first-order chi connectivity index (χ1) is 11.8. The molecule has 1 aliphatic heterocycles. The maximum absolute atomic E-state index is 12.8. The third-order valence-electron chi connectivity index (χ3n) is 4.90. The molecule has 1 aliphatic carbocycles. The van der Waals surface area contributed by atoms with E-state index < -0.39 is 0 Å². The molecule has 1 fully saturated rings. The van der Waals surface area contributed by atoms with Crippen LogP contribution in [-0.2, 0) is 17.6 Å². The molecular weight excluding hydrogens is 306 g/mol. The second-order valence-corrected chi connectivity index (χ2v) is 6.44. The monoisotopic (exact) mass is 327 g/mol. The number of fused-ring (bicyclic) bond motifs is 1. The second-order valence-electron chi connectivity index (χ2n) is 6.44. The van der Waals surface area contributed by atoms with Gasteiger partial charge >= 0.3 is 6.01 Å². The fraction of sp³-hybridized carbons (Fsp3) is 0.529. The molecule has 1 N–H and O–H groups in total. The number of nitrogens with zero attached hydrogens (tertiary/aromatic N) is 4. The molecule has 7 heteroatoms. The number of amides is 1. The second kappa shape index (κ2) is 6.59. The summed E-state index contributed by atoms with van der Waals surface area (Å²) in [5.74, 6) is 0.345. The van der Waals surface area contributed by atoms with E-state index in [2.05, 4.69) is 19.9 Å². The summed E-state index contributed by atoms with van der Waals surface area (Å²) in [6.45, 7) is 1.48. The van der Waals surface area contributed by atoms with E-state index in [0.717, 1.165) is 56.6 Å². The molecule has 2 aromatic heterocycles. The van der Waals surface area contributed by atoms with E-state index in [9.17, 15) is 4.79 Å². The van der Waals surface area contributed by atoms with Gasteiger partial charge in [-0.25, -0.2) is 15.0 Å². The Balaban J connectivity index is 1.30. The Kier molecular flexibility index (Phi) is 4.15. The summed E-state index contributed by atoms with van der Waals surface area (Å²) in [4.78, 5) is 30.4. The first kappa shape index (κ1) is 15.1. The number of piperidine rings is 1. The van der Waals surface area contributed by atoms with Crippen LogP contribution in [0.25, 0.3) is 0 Å². The molecule has 24 heavy (non-hydrogen) atoms. The van der Waals surface area contributed by atoms with Crippen LogP contribution < -0.4 is 4.74 Å². The molecule has 2 aliphatic rings. The van der Waals surface area contributed by atoms with Gasteiger partial charge < -0.3 is 14.6 Å². The number of rotatable bonds is 3. The van der Waals surface area contributed by atoms with Crippen molar-refractivity contribution < 1.29 is 9.53 Å². The quantitative estimate of drug-likeness (QED) is 0.920. The van der Waals surface area contributed by atoms with Crippen LogP contribution in [-0.4, -0.2) is 49.9 Å². The summed E-state index contributed by atoms with van der Waals surface area (Å²) in [7, 11) is 0. The van der Waals surface area contributed by atoms with Crippen LogP contribution in [0.2, 0.25) is 0 Å². The van der Waals surface area contributed by atoms with Crippen LogP contribution in [0.3, 0.4) is 0 Å². The largest absolute Gasteiger partial charge is 0.460 e. The standard InChI is InChI=1S/C17H21N5O2/c23-16(12-2-3-14-15(10-12)21-11-20-14)22-8-4-13(5-9-22)24-17-18-6-1-7-19-17/h1,6-7,11-13H,2-5,8-10H2,(H,20,21). The molecule has 1 unspecified atom stereocenters. The molecule has 0 saturated carbocycles. The Morgan fingerprint density at radius 2 is 1.96 bits per heavy atom. The van der Waals surface area contributed by atoms with Crippen molar-refractivity contribution in [1.82, 2.24) is 24.8 Å². The zero-order chi connectivity index (χ0) is 16.4. The maximum atomic E-state index is 12.8. The van der Waals surface area contributed by atoms with Gasteiger partial charge in [0.25, 0.3) is 0 Å². The average Bonchev–Trinajstić information content (AvgIpc) is 3.10. The highest BCUT2D eigenvalue weighted by Gasteiger charge is 2.32. The van der Waals surface area contributed by atoms with Gasteiger partial charge in [-0.2, -0.15) is 0 Å². The summed E-state index contributed by atoms with van der Waals surface area (Å²) < 4.78 is 5.79. The molecule has 1 amide bonds. The van der Waals surface area contributed by atoms with Gasteiger partial charge in [0, 0.05) is 56.4 Å². The number of nitrogens with one attached hydrogen (secondary N) is 1. The lowest BCUT2D eigenvalue weighted by Gasteiger charge is -2.34. The summed E-state index contributed by atoms with van der Waals surface area (Å²) in [6.07, 6.45) is 9.38. The summed E-state index contributed by atoms with van der Waals surface area (Å²) >= 11 is 0. The lowest BCUT2D eigenvalue weighted by molar-refractivity contribution is -0.137. The van der Waals surface area contributed by atoms with E-state index in [1.807, 2.05) is 4.90 Å². The number of hydrogen-bond acceptors (Lipinski definition) is 5. The van der Waals surface area contributed by atoms with Gasteiger partial charge in [0.2, 0.25) is 5.91 Å². The van der Waals surface area contributed by atoms with Crippen LogP contribution in [0.15, 0.2) is 24.8 Å². The molecule has 0 bridgehead atoms. The SMILES string of the molecule is O=C(C1CCc2nc[nH]c2C1)N1CCC(Oc2ncccn2)CC1. The molecule has 126 valence electrons. The van der Waals surface area contributed by atoms with Crippen molar-refractivity contribution in [1.29, 1.82) is 0 Å². The Morgan fingerprint density at radius 1 is 1.17 bits per heavy atom.